The van der Waals surface area contributed by atoms with Crippen LogP contribution in [0.4, 0.5) is 0 Å². The molecule has 1 aromatic rings. The standard InChI is InChI=1S/C17H24N2/c1-3-5-7-14-8-10-15(11-9-14)17-13-12-16(6-4-2)18-19-17/h12-15H,3,5,7-11H2,1-2H3. The van der Waals surface area contributed by atoms with Gasteiger partial charge in [0.1, 0.15) is 5.69 Å². The van der Waals surface area contributed by atoms with E-state index >= 15 is 0 Å². The highest BCUT2D eigenvalue weighted by atomic mass is 15.1. The third-order valence-electron chi connectivity index (χ3n) is 4.17. The molecule has 0 atom stereocenters. The Morgan fingerprint density at radius 1 is 1.16 bits per heavy atom. The van der Waals surface area contributed by atoms with E-state index in [2.05, 4.69) is 35.0 Å². The summed E-state index contributed by atoms with van der Waals surface area (Å²) in [4.78, 5) is 0. The monoisotopic (exact) mass is 256 g/mol. The average molecular weight is 256 g/mol. The van der Waals surface area contributed by atoms with Gasteiger partial charge in [-0.15, -0.1) is 5.10 Å². The molecule has 2 rings (SSSR count). The van der Waals surface area contributed by atoms with E-state index in [9.17, 15) is 0 Å². The quantitative estimate of drug-likeness (QED) is 0.750. The number of hydrogen-bond acceptors (Lipinski definition) is 2. The number of aromatic nitrogens is 2. The molecule has 0 radical (unpaired) electrons. The molecule has 102 valence electrons. The highest BCUT2D eigenvalue weighted by Gasteiger charge is 2.22. The summed E-state index contributed by atoms with van der Waals surface area (Å²) in [5, 5.41) is 8.54. The van der Waals surface area contributed by atoms with E-state index in [0.717, 1.165) is 17.3 Å². The summed E-state index contributed by atoms with van der Waals surface area (Å²) in [5.74, 6) is 7.37. The molecule has 0 aromatic carbocycles. The van der Waals surface area contributed by atoms with Gasteiger partial charge in [-0.3, -0.25) is 0 Å². The fourth-order valence-corrected chi connectivity index (χ4v) is 2.99. The maximum atomic E-state index is 4.36. The summed E-state index contributed by atoms with van der Waals surface area (Å²) in [6.07, 6.45) is 9.42. The summed E-state index contributed by atoms with van der Waals surface area (Å²) in [7, 11) is 0. The maximum Gasteiger partial charge on any atom is 0.135 e. The lowest BCUT2D eigenvalue weighted by molar-refractivity contribution is 0.301. The maximum absolute atomic E-state index is 4.36. The van der Waals surface area contributed by atoms with Gasteiger partial charge in [-0.1, -0.05) is 32.1 Å². The predicted molar refractivity (Wildman–Crippen MR) is 78.8 cm³/mol. The molecular formula is C17H24N2. The summed E-state index contributed by atoms with van der Waals surface area (Å²) in [5.41, 5.74) is 1.94. The van der Waals surface area contributed by atoms with E-state index in [1.54, 1.807) is 0 Å². The Morgan fingerprint density at radius 2 is 1.95 bits per heavy atom. The molecule has 0 spiro atoms. The number of unbranched alkanes of at least 4 members (excludes halogenated alkanes) is 1. The second-order valence-corrected chi connectivity index (χ2v) is 5.58. The van der Waals surface area contributed by atoms with Gasteiger partial charge in [-0.2, -0.15) is 5.10 Å². The van der Waals surface area contributed by atoms with Crippen LogP contribution in [-0.4, -0.2) is 10.2 Å². The van der Waals surface area contributed by atoms with Crippen LogP contribution < -0.4 is 0 Å². The van der Waals surface area contributed by atoms with Gasteiger partial charge in [-0.25, -0.2) is 0 Å². The smallest absolute Gasteiger partial charge is 0.135 e. The van der Waals surface area contributed by atoms with Crippen LogP contribution in [-0.2, 0) is 0 Å². The fourth-order valence-electron chi connectivity index (χ4n) is 2.99. The van der Waals surface area contributed by atoms with E-state index in [-0.39, 0.29) is 0 Å². The lowest BCUT2D eigenvalue weighted by Crippen LogP contribution is -2.14. The molecule has 0 bridgehead atoms. The van der Waals surface area contributed by atoms with Crippen molar-refractivity contribution in [2.24, 2.45) is 5.92 Å². The minimum atomic E-state index is 0.619. The molecule has 19 heavy (non-hydrogen) atoms. The van der Waals surface area contributed by atoms with Crippen molar-refractivity contribution < 1.29 is 0 Å². The van der Waals surface area contributed by atoms with E-state index < -0.39 is 0 Å². The number of nitrogens with zero attached hydrogens (tertiary/aromatic N) is 2. The molecule has 0 amide bonds. The zero-order chi connectivity index (χ0) is 13.5. The van der Waals surface area contributed by atoms with Crippen LogP contribution in [0.15, 0.2) is 12.1 Å². The largest absolute Gasteiger partial charge is 0.154 e. The van der Waals surface area contributed by atoms with Gasteiger partial charge in [0.2, 0.25) is 0 Å². The highest BCUT2D eigenvalue weighted by Crippen LogP contribution is 2.36. The molecule has 1 fully saturated rings. The second-order valence-electron chi connectivity index (χ2n) is 5.58. The first-order valence-corrected chi connectivity index (χ1v) is 7.59. The zero-order valence-corrected chi connectivity index (χ0v) is 12.2. The Hall–Kier alpha value is -1.36. The second kappa shape index (κ2) is 7.28. The van der Waals surface area contributed by atoms with Crippen LogP contribution in [0.3, 0.4) is 0 Å². The molecule has 1 aliphatic rings. The van der Waals surface area contributed by atoms with Crippen molar-refractivity contribution in [1.29, 1.82) is 0 Å². The number of hydrogen-bond donors (Lipinski definition) is 0. The summed E-state index contributed by atoms with van der Waals surface area (Å²) in [6.45, 7) is 4.11. The summed E-state index contributed by atoms with van der Waals surface area (Å²) >= 11 is 0. The van der Waals surface area contributed by atoms with Gasteiger partial charge in [0.15, 0.2) is 0 Å². The Labute approximate surface area is 117 Å². The first-order valence-electron chi connectivity index (χ1n) is 7.59. The molecule has 1 aliphatic carbocycles. The van der Waals surface area contributed by atoms with Crippen molar-refractivity contribution in [2.45, 2.75) is 64.7 Å². The van der Waals surface area contributed by atoms with Crippen LogP contribution in [0.25, 0.3) is 0 Å². The van der Waals surface area contributed by atoms with Gasteiger partial charge in [0.05, 0.1) is 5.69 Å². The Bertz CT molecular complexity index is 431. The van der Waals surface area contributed by atoms with Crippen molar-refractivity contribution >= 4 is 0 Å². The molecular weight excluding hydrogens is 232 g/mol. The first-order chi connectivity index (χ1) is 9.33. The van der Waals surface area contributed by atoms with Crippen molar-refractivity contribution in [1.82, 2.24) is 10.2 Å². The Morgan fingerprint density at radius 3 is 2.53 bits per heavy atom. The minimum Gasteiger partial charge on any atom is -0.154 e. The molecule has 2 nitrogen and oxygen atoms in total. The van der Waals surface area contributed by atoms with Gasteiger partial charge in [0, 0.05) is 5.92 Å². The topological polar surface area (TPSA) is 25.8 Å². The normalized spacial score (nSPS) is 22.6. The van der Waals surface area contributed by atoms with Crippen molar-refractivity contribution in [3.63, 3.8) is 0 Å². The van der Waals surface area contributed by atoms with Crippen LogP contribution in [0.2, 0.25) is 0 Å². The predicted octanol–water partition coefficient (Wildman–Crippen LogP) is 4.31. The van der Waals surface area contributed by atoms with Crippen molar-refractivity contribution in [2.75, 3.05) is 0 Å². The first kappa shape index (κ1) is 14.1. The van der Waals surface area contributed by atoms with Crippen LogP contribution >= 0.6 is 0 Å². The molecule has 0 unspecified atom stereocenters. The third-order valence-corrected chi connectivity index (χ3v) is 4.17. The number of rotatable bonds is 4. The van der Waals surface area contributed by atoms with Crippen molar-refractivity contribution in [3.05, 3.63) is 23.5 Å². The molecule has 1 aromatic heterocycles. The average Bonchev–Trinajstić information content (AvgIpc) is 2.47. The fraction of sp³-hybridized carbons (Fsp3) is 0.647. The van der Waals surface area contributed by atoms with Gasteiger partial charge >= 0.3 is 0 Å². The third kappa shape index (κ3) is 4.06. The van der Waals surface area contributed by atoms with E-state index in [1.165, 1.54) is 44.9 Å². The Kier molecular flexibility index (Phi) is 5.39. The SMILES string of the molecule is CC#Cc1ccc(C2CCC(CCCC)CC2)nn1. The summed E-state index contributed by atoms with van der Waals surface area (Å²) in [6, 6.07) is 4.12. The summed E-state index contributed by atoms with van der Waals surface area (Å²) < 4.78 is 0. The van der Waals surface area contributed by atoms with E-state index in [4.69, 9.17) is 0 Å². The van der Waals surface area contributed by atoms with Crippen LogP contribution in [0, 0.1) is 17.8 Å². The van der Waals surface area contributed by atoms with Crippen LogP contribution in [0.1, 0.15) is 76.1 Å². The minimum absolute atomic E-state index is 0.619. The van der Waals surface area contributed by atoms with E-state index in [0.29, 0.717) is 5.92 Å². The van der Waals surface area contributed by atoms with Crippen molar-refractivity contribution in [3.8, 4) is 11.8 Å². The molecule has 2 heteroatoms. The zero-order valence-electron chi connectivity index (χ0n) is 12.2. The Balaban J connectivity index is 1.88. The van der Waals surface area contributed by atoms with Gasteiger partial charge < -0.3 is 0 Å². The molecule has 1 heterocycles. The lowest BCUT2D eigenvalue weighted by atomic mass is 9.78. The highest BCUT2D eigenvalue weighted by molar-refractivity contribution is 5.26. The van der Waals surface area contributed by atoms with Gasteiger partial charge in [-0.05, 0) is 56.6 Å². The molecule has 0 aliphatic heterocycles. The van der Waals surface area contributed by atoms with Crippen LogP contribution in [0.5, 0.6) is 0 Å². The van der Waals surface area contributed by atoms with Gasteiger partial charge in [0.25, 0.3) is 0 Å². The molecule has 0 N–H and O–H groups in total. The van der Waals surface area contributed by atoms with E-state index in [1.807, 2.05) is 13.0 Å². The lowest BCUT2D eigenvalue weighted by Gasteiger charge is -2.27. The molecule has 1 saturated carbocycles. The molecule has 0 saturated heterocycles.